The van der Waals surface area contributed by atoms with E-state index in [9.17, 15) is 4.79 Å². The molecule has 1 rings (SSSR count). The Morgan fingerprint density at radius 3 is 2.83 bits per heavy atom. The molecule has 0 aliphatic carbocycles. The zero-order valence-corrected chi connectivity index (χ0v) is 12.5. The molecule has 0 saturated carbocycles. The van der Waals surface area contributed by atoms with Crippen LogP contribution in [0.25, 0.3) is 0 Å². The van der Waals surface area contributed by atoms with Gasteiger partial charge in [-0.1, -0.05) is 18.5 Å². The van der Waals surface area contributed by atoms with E-state index in [1.165, 1.54) is 0 Å². The fourth-order valence-corrected chi connectivity index (χ4v) is 2.27. The molecule has 0 unspecified atom stereocenters. The van der Waals surface area contributed by atoms with Crippen molar-refractivity contribution in [2.45, 2.75) is 20.3 Å². The first-order valence-corrected chi connectivity index (χ1v) is 7.33. The summed E-state index contributed by atoms with van der Waals surface area (Å²) >= 11 is 7.63. The summed E-state index contributed by atoms with van der Waals surface area (Å²) in [5.74, 6) is 2.01. The smallest absolute Gasteiger partial charge is 0.234 e. The summed E-state index contributed by atoms with van der Waals surface area (Å²) in [6.45, 7) is 3.99. The van der Waals surface area contributed by atoms with Gasteiger partial charge in [-0.05, 0) is 30.7 Å². The molecule has 5 heteroatoms. The van der Waals surface area contributed by atoms with E-state index in [-0.39, 0.29) is 5.91 Å². The second kappa shape index (κ2) is 7.54. The number of thioether (sulfide) groups is 1. The molecule has 0 spiro atoms. The number of aryl methyl sites for hydroxylation is 1. The molecule has 1 N–H and O–H groups in total. The molecule has 3 nitrogen and oxygen atoms in total. The first-order chi connectivity index (χ1) is 8.58. The Hall–Kier alpha value is -0.870. The SMILES string of the molecule is CCCSCC(=O)Nc1cc(C)c(Cl)cc1OC. The molecule has 0 aromatic heterocycles. The van der Waals surface area contributed by atoms with Crippen LogP contribution in [-0.2, 0) is 4.79 Å². The second-order valence-electron chi connectivity index (χ2n) is 3.90. The largest absolute Gasteiger partial charge is 0.495 e. The molecule has 1 aromatic rings. The predicted molar refractivity (Wildman–Crippen MR) is 79.0 cm³/mol. The van der Waals surface area contributed by atoms with Crippen LogP contribution in [-0.4, -0.2) is 24.5 Å². The van der Waals surface area contributed by atoms with E-state index in [2.05, 4.69) is 12.2 Å². The van der Waals surface area contributed by atoms with Gasteiger partial charge in [0, 0.05) is 11.1 Å². The summed E-state index contributed by atoms with van der Waals surface area (Å²) in [7, 11) is 1.56. The van der Waals surface area contributed by atoms with Crippen LogP contribution in [0.2, 0.25) is 5.02 Å². The quantitative estimate of drug-likeness (QED) is 0.810. The van der Waals surface area contributed by atoms with E-state index in [0.29, 0.717) is 22.2 Å². The van der Waals surface area contributed by atoms with E-state index in [0.717, 1.165) is 17.7 Å². The lowest BCUT2D eigenvalue weighted by molar-refractivity contribution is -0.113. The zero-order valence-electron chi connectivity index (χ0n) is 10.9. The fraction of sp³-hybridized carbons (Fsp3) is 0.462. The van der Waals surface area contributed by atoms with Crippen molar-refractivity contribution in [2.24, 2.45) is 0 Å². The number of carbonyl (C=O) groups excluding carboxylic acids is 1. The Kier molecular flexibility index (Phi) is 6.36. The molecule has 0 aliphatic heterocycles. The minimum Gasteiger partial charge on any atom is -0.495 e. The third-order valence-electron chi connectivity index (χ3n) is 2.34. The second-order valence-corrected chi connectivity index (χ2v) is 5.41. The molecule has 0 fully saturated rings. The number of methoxy groups -OCH3 is 1. The third kappa shape index (κ3) is 4.42. The standard InChI is InChI=1S/C13H18ClNO2S/c1-4-5-18-8-13(16)15-11-6-9(2)10(14)7-12(11)17-3/h6-7H,4-5,8H2,1-3H3,(H,15,16). The number of hydrogen-bond donors (Lipinski definition) is 1. The highest BCUT2D eigenvalue weighted by molar-refractivity contribution is 7.99. The minimum absolute atomic E-state index is 0.0199. The number of halogens is 1. The Balaban J connectivity index is 2.71. The van der Waals surface area contributed by atoms with Crippen molar-refractivity contribution in [1.29, 1.82) is 0 Å². The van der Waals surface area contributed by atoms with Gasteiger partial charge in [0.15, 0.2) is 0 Å². The summed E-state index contributed by atoms with van der Waals surface area (Å²) in [5, 5.41) is 3.47. The maximum atomic E-state index is 11.7. The van der Waals surface area contributed by atoms with Crippen LogP contribution < -0.4 is 10.1 Å². The van der Waals surface area contributed by atoms with Gasteiger partial charge in [-0.25, -0.2) is 0 Å². The van der Waals surface area contributed by atoms with Crippen LogP contribution in [0.5, 0.6) is 5.75 Å². The normalized spacial score (nSPS) is 10.2. The number of ether oxygens (including phenoxy) is 1. The highest BCUT2D eigenvalue weighted by Crippen LogP contribution is 2.30. The summed E-state index contributed by atoms with van der Waals surface area (Å²) in [5.41, 5.74) is 1.58. The zero-order chi connectivity index (χ0) is 13.5. The molecule has 100 valence electrons. The van der Waals surface area contributed by atoms with Crippen LogP contribution in [0.3, 0.4) is 0 Å². The van der Waals surface area contributed by atoms with Gasteiger partial charge >= 0.3 is 0 Å². The van der Waals surface area contributed by atoms with E-state index in [4.69, 9.17) is 16.3 Å². The first kappa shape index (κ1) is 15.2. The Morgan fingerprint density at radius 2 is 2.22 bits per heavy atom. The summed E-state index contributed by atoms with van der Waals surface area (Å²) in [6.07, 6.45) is 1.07. The van der Waals surface area contributed by atoms with Crippen molar-refractivity contribution in [3.8, 4) is 5.75 Å². The molecule has 0 bridgehead atoms. The fourth-order valence-electron chi connectivity index (χ4n) is 1.43. The number of amides is 1. The van der Waals surface area contributed by atoms with Crippen LogP contribution in [0.4, 0.5) is 5.69 Å². The Morgan fingerprint density at radius 1 is 1.50 bits per heavy atom. The average molecular weight is 288 g/mol. The summed E-state index contributed by atoms with van der Waals surface area (Å²) in [6, 6.07) is 3.54. The maximum Gasteiger partial charge on any atom is 0.234 e. The summed E-state index contributed by atoms with van der Waals surface area (Å²) in [4.78, 5) is 11.7. The number of anilines is 1. The number of rotatable bonds is 6. The molecule has 0 saturated heterocycles. The van der Waals surface area contributed by atoms with Gasteiger partial charge < -0.3 is 10.1 Å². The van der Waals surface area contributed by atoms with E-state index < -0.39 is 0 Å². The highest BCUT2D eigenvalue weighted by Gasteiger charge is 2.10. The lowest BCUT2D eigenvalue weighted by Gasteiger charge is -2.12. The molecule has 0 heterocycles. The van der Waals surface area contributed by atoms with Crippen molar-refractivity contribution in [3.05, 3.63) is 22.7 Å². The number of nitrogens with one attached hydrogen (secondary N) is 1. The van der Waals surface area contributed by atoms with Crippen molar-refractivity contribution in [2.75, 3.05) is 23.9 Å². The number of carbonyl (C=O) groups is 1. The molecule has 0 aliphatic rings. The molecular weight excluding hydrogens is 270 g/mol. The highest BCUT2D eigenvalue weighted by atomic mass is 35.5. The van der Waals surface area contributed by atoms with Crippen LogP contribution in [0.1, 0.15) is 18.9 Å². The van der Waals surface area contributed by atoms with Crippen LogP contribution in [0.15, 0.2) is 12.1 Å². The lowest BCUT2D eigenvalue weighted by Crippen LogP contribution is -2.15. The van der Waals surface area contributed by atoms with Gasteiger partial charge in [0.05, 0.1) is 18.6 Å². The maximum absolute atomic E-state index is 11.7. The minimum atomic E-state index is -0.0199. The Labute approximate surface area is 117 Å². The topological polar surface area (TPSA) is 38.3 Å². The van der Waals surface area contributed by atoms with E-state index >= 15 is 0 Å². The van der Waals surface area contributed by atoms with Gasteiger partial charge in [0.2, 0.25) is 5.91 Å². The third-order valence-corrected chi connectivity index (χ3v) is 3.91. The van der Waals surface area contributed by atoms with Crippen molar-refractivity contribution >= 4 is 35.0 Å². The average Bonchev–Trinajstić information content (AvgIpc) is 2.34. The van der Waals surface area contributed by atoms with Gasteiger partial charge in [-0.15, -0.1) is 0 Å². The number of benzene rings is 1. The van der Waals surface area contributed by atoms with Crippen LogP contribution in [0, 0.1) is 6.92 Å². The molecule has 18 heavy (non-hydrogen) atoms. The van der Waals surface area contributed by atoms with Crippen molar-refractivity contribution in [3.63, 3.8) is 0 Å². The van der Waals surface area contributed by atoms with Gasteiger partial charge in [-0.3, -0.25) is 4.79 Å². The molecular formula is C13H18ClNO2S. The van der Waals surface area contributed by atoms with E-state index in [1.54, 1.807) is 24.9 Å². The summed E-state index contributed by atoms with van der Waals surface area (Å²) < 4.78 is 5.20. The van der Waals surface area contributed by atoms with Gasteiger partial charge in [-0.2, -0.15) is 11.8 Å². The number of hydrogen-bond acceptors (Lipinski definition) is 3. The molecule has 1 aromatic carbocycles. The monoisotopic (exact) mass is 287 g/mol. The van der Waals surface area contributed by atoms with Crippen LogP contribution >= 0.6 is 23.4 Å². The van der Waals surface area contributed by atoms with Crippen molar-refractivity contribution in [1.82, 2.24) is 0 Å². The predicted octanol–water partition coefficient (Wildman–Crippen LogP) is 3.74. The first-order valence-electron chi connectivity index (χ1n) is 5.80. The molecule has 0 atom stereocenters. The Bertz CT molecular complexity index is 424. The van der Waals surface area contributed by atoms with E-state index in [1.807, 2.05) is 13.0 Å². The molecule has 1 amide bonds. The molecule has 0 radical (unpaired) electrons. The van der Waals surface area contributed by atoms with Gasteiger partial charge in [0.25, 0.3) is 0 Å². The lowest BCUT2D eigenvalue weighted by atomic mass is 10.2. The van der Waals surface area contributed by atoms with Crippen molar-refractivity contribution < 1.29 is 9.53 Å². The van der Waals surface area contributed by atoms with Gasteiger partial charge in [0.1, 0.15) is 5.75 Å².